The second-order valence-electron chi connectivity index (χ2n) is 6.17. The molecule has 0 bridgehead atoms. The van der Waals surface area contributed by atoms with Gasteiger partial charge in [0.05, 0.1) is 0 Å². The van der Waals surface area contributed by atoms with E-state index in [2.05, 4.69) is 10.1 Å². The van der Waals surface area contributed by atoms with Crippen molar-refractivity contribution in [2.24, 2.45) is 17.6 Å². The molecule has 5 heteroatoms. The van der Waals surface area contributed by atoms with E-state index in [1.54, 1.807) is 0 Å². The van der Waals surface area contributed by atoms with Gasteiger partial charge in [-0.15, -0.1) is 0 Å². The molecule has 2 N–H and O–H groups in total. The van der Waals surface area contributed by atoms with Crippen LogP contribution in [0.4, 0.5) is 0 Å². The first-order valence-electron chi connectivity index (χ1n) is 7.97. The Morgan fingerprint density at radius 1 is 1.30 bits per heavy atom. The van der Waals surface area contributed by atoms with Crippen LogP contribution >= 0.6 is 0 Å². The van der Waals surface area contributed by atoms with Crippen molar-refractivity contribution in [3.63, 3.8) is 0 Å². The lowest BCUT2D eigenvalue weighted by atomic mass is 9.83. The maximum Gasteiger partial charge on any atom is 0.227 e. The summed E-state index contributed by atoms with van der Waals surface area (Å²) in [5.41, 5.74) is 6.18. The van der Waals surface area contributed by atoms with Gasteiger partial charge in [-0.25, -0.2) is 0 Å². The molecular weight excluding hydrogens is 254 g/mol. The summed E-state index contributed by atoms with van der Waals surface area (Å²) in [7, 11) is 0. The predicted molar refractivity (Wildman–Crippen MR) is 75.0 cm³/mol. The van der Waals surface area contributed by atoms with Gasteiger partial charge in [-0.05, 0) is 44.4 Å². The molecule has 0 aliphatic heterocycles. The third-order valence-corrected chi connectivity index (χ3v) is 4.54. The first kappa shape index (κ1) is 14.0. The highest BCUT2D eigenvalue weighted by molar-refractivity contribution is 4.99. The van der Waals surface area contributed by atoms with Crippen LogP contribution in [0.3, 0.4) is 0 Å². The van der Waals surface area contributed by atoms with Crippen LogP contribution in [0, 0.1) is 11.8 Å². The van der Waals surface area contributed by atoms with E-state index in [1.807, 2.05) is 6.92 Å². The summed E-state index contributed by atoms with van der Waals surface area (Å²) < 4.78 is 11.2. The largest absolute Gasteiger partial charge is 0.370 e. The Morgan fingerprint density at radius 3 is 2.80 bits per heavy atom. The minimum Gasteiger partial charge on any atom is -0.370 e. The van der Waals surface area contributed by atoms with Crippen LogP contribution in [-0.2, 0) is 11.2 Å². The third-order valence-electron chi connectivity index (χ3n) is 4.54. The maximum atomic E-state index is 6.18. The molecule has 20 heavy (non-hydrogen) atoms. The van der Waals surface area contributed by atoms with Crippen LogP contribution in [-0.4, -0.2) is 22.8 Å². The Labute approximate surface area is 120 Å². The quantitative estimate of drug-likeness (QED) is 0.866. The molecule has 0 aromatic carbocycles. The van der Waals surface area contributed by atoms with E-state index in [9.17, 15) is 0 Å². The number of ether oxygens (including phenoxy) is 1. The number of rotatable bonds is 6. The highest BCUT2D eigenvalue weighted by Crippen LogP contribution is 2.42. The highest BCUT2D eigenvalue weighted by Gasteiger charge is 2.36. The molecule has 1 aromatic rings. The molecule has 2 aliphatic rings. The first-order valence-corrected chi connectivity index (χ1v) is 7.97. The van der Waals surface area contributed by atoms with Crippen molar-refractivity contribution in [2.75, 3.05) is 6.61 Å². The topological polar surface area (TPSA) is 74.2 Å². The fourth-order valence-corrected chi connectivity index (χ4v) is 3.18. The summed E-state index contributed by atoms with van der Waals surface area (Å²) >= 11 is 0. The summed E-state index contributed by atoms with van der Waals surface area (Å²) in [6.45, 7) is 2.70. The van der Waals surface area contributed by atoms with Crippen LogP contribution in [0.2, 0.25) is 0 Å². The van der Waals surface area contributed by atoms with Crippen LogP contribution in [0.1, 0.15) is 63.3 Å². The van der Waals surface area contributed by atoms with Gasteiger partial charge >= 0.3 is 0 Å². The Morgan fingerprint density at radius 2 is 2.10 bits per heavy atom. The van der Waals surface area contributed by atoms with Gasteiger partial charge in [-0.3, -0.25) is 0 Å². The molecule has 2 aliphatic carbocycles. The average molecular weight is 279 g/mol. The second-order valence-corrected chi connectivity index (χ2v) is 6.17. The summed E-state index contributed by atoms with van der Waals surface area (Å²) in [5.74, 6) is 2.53. The molecule has 1 heterocycles. The summed E-state index contributed by atoms with van der Waals surface area (Å²) in [4.78, 5) is 4.56. The normalized spacial score (nSPS) is 28.5. The van der Waals surface area contributed by atoms with Gasteiger partial charge in [0.15, 0.2) is 0 Å². The van der Waals surface area contributed by atoms with Crippen LogP contribution < -0.4 is 5.73 Å². The smallest absolute Gasteiger partial charge is 0.227 e. The first-order chi connectivity index (χ1) is 9.78. The average Bonchev–Trinajstić information content (AvgIpc) is 3.18. The third kappa shape index (κ3) is 3.20. The van der Waals surface area contributed by atoms with E-state index in [0.29, 0.717) is 18.4 Å². The van der Waals surface area contributed by atoms with Crippen molar-refractivity contribution < 1.29 is 9.26 Å². The van der Waals surface area contributed by atoms with Gasteiger partial charge in [0.1, 0.15) is 6.10 Å². The van der Waals surface area contributed by atoms with E-state index in [0.717, 1.165) is 24.6 Å². The van der Waals surface area contributed by atoms with E-state index in [-0.39, 0.29) is 12.1 Å². The van der Waals surface area contributed by atoms with Crippen molar-refractivity contribution in [2.45, 2.75) is 64.0 Å². The van der Waals surface area contributed by atoms with Crippen LogP contribution in [0.5, 0.6) is 0 Å². The zero-order valence-electron chi connectivity index (χ0n) is 12.3. The number of hydrogen-bond donors (Lipinski definition) is 1. The number of aromatic nitrogens is 2. The molecular formula is C15H25N3O2. The van der Waals surface area contributed by atoms with Crippen molar-refractivity contribution >= 4 is 0 Å². The molecule has 1 aromatic heterocycles. The van der Waals surface area contributed by atoms with Crippen molar-refractivity contribution in [3.05, 3.63) is 11.7 Å². The Balaban J connectivity index is 1.63. The maximum absolute atomic E-state index is 6.18. The number of nitrogens with two attached hydrogens (primary N) is 1. The number of hydrogen-bond acceptors (Lipinski definition) is 5. The van der Waals surface area contributed by atoms with Crippen LogP contribution in [0.15, 0.2) is 4.52 Å². The van der Waals surface area contributed by atoms with E-state index in [4.69, 9.17) is 15.0 Å². The summed E-state index contributed by atoms with van der Waals surface area (Å²) in [6.07, 6.45) is 8.08. The van der Waals surface area contributed by atoms with E-state index < -0.39 is 0 Å². The highest BCUT2D eigenvalue weighted by atomic mass is 16.5. The minimum absolute atomic E-state index is 0.0255. The lowest BCUT2D eigenvalue weighted by molar-refractivity contribution is 0.0384. The molecule has 3 unspecified atom stereocenters. The lowest BCUT2D eigenvalue weighted by Gasteiger charge is -2.27. The molecule has 2 fully saturated rings. The van der Waals surface area contributed by atoms with Gasteiger partial charge in [0.25, 0.3) is 0 Å². The fourth-order valence-electron chi connectivity index (χ4n) is 3.18. The Bertz CT molecular complexity index is 431. The second kappa shape index (κ2) is 6.22. The van der Waals surface area contributed by atoms with E-state index >= 15 is 0 Å². The van der Waals surface area contributed by atoms with Gasteiger partial charge < -0.3 is 15.0 Å². The fraction of sp³-hybridized carbons (Fsp3) is 0.867. The van der Waals surface area contributed by atoms with E-state index in [1.165, 1.54) is 32.1 Å². The van der Waals surface area contributed by atoms with Crippen molar-refractivity contribution in [1.82, 2.24) is 10.1 Å². The number of nitrogens with zero attached hydrogens (tertiary/aromatic N) is 2. The zero-order valence-corrected chi connectivity index (χ0v) is 12.3. The van der Waals surface area contributed by atoms with Crippen LogP contribution in [0.25, 0.3) is 0 Å². The Kier molecular flexibility index (Phi) is 4.36. The summed E-state index contributed by atoms with van der Waals surface area (Å²) in [6, 6.07) is 0.283. The van der Waals surface area contributed by atoms with Gasteiger partial charge in [-0.1, -0.05) is 18.0 Å². The molecule has 0 radical (unpaired) electrons. The molecule has 0 spiro atoms. The molecule has 2 saturated carbocycles. The predicted octanol–water partition coefficient (Wildman–Crippen LogP) is 2.62. The van der Waals surface area contributed by atoms with Gasteiger partial charge in [0.2, 0.25) is 11.7 Å². The molecule has 0 saturated heterocycles. The SMILES string of the molecule is CCOC(c1noc(CC2CCCCC2N)n1)C1CC1. The standard InChI is InChI=1S/C15H25N3O2/c1-2-19-14(10-7-8-10)15-17-13(20-18-15)9-11-5-3-4-6-12(11)16/h10-12,14H,2-9,16H2,1H3. The molecule has 3 atom stereocenters. The monoisotopic (exact) mass is 279 g/mol. The van der Waals surface area contributed by atoms with Crippen molar-refractivity contribution in [1.29, 1.82) is 0 Å². The molecule has 3 rings (SSSR count). The van der Waals surface area contributed by atoms with Gasteiger partial charge in [-0.2, -0.15) is 4.98 Å². The lowest BCUT2D eigenvalue weighted by Crippen LogP contribution is -2.34. The molecule has 112 valence electrons. The molecule has 0 amide bonds. The zero-order chi connectivity index (χ0) is 13.9. The van der Waals surface area contributed by atoms with Gasteiger partial charge in [0, 0.05) is 19.1 Å². The minimum atomic E-state index is 0.0255. The summed E-state index contributed by atoms with van der Waals surface area (Å²) in [5, 5.41) is 4.13. The van der Waals surface area contributed by atoms with Crippen molar-refractivity contribution in [3.8, 4) is 0 Å². The Hall–Kier alpha value is -0.940. The molecule has 5 nitrogen and oxygen atoms in total.